The molecule has 2 atom stereocenters. The van der Waals surface area contributed by atoms with Crippen molar-refractivity contribution < 1.29 is 9.53 Å². The van der Waals surface area contributed by atoms with E-state index in [0.717, 1.165) is 59.8 Å². The number of nitrogens with zero attached hydrogens (tertiary/aromatic N) is 4. The standard InChI is InChI=1S/C41H49N7O.C6H11NO.C3H8.C2H6/c1-6-21-47(5)27-38-42-25-36(44-38)30-15-13-29(14-16-30)32-17-18-34-24-35(20-19-33(34)23-32)37-26-43-39(45-37)28-48(22-7-2)41(49)40(46(3)4)31-11-9-8-10-12-31;1-4-5-7-6(2)8-3;1-3-2;1-2/h8-20,23-26,39-40,43,45H,6-7,21-22,27-28H2,1-5H3,(H,42,44);4,7H,1-2,5H2,3H3;3H2,1-2H3;1-2H3. The predicted octanol–water partition coefficient (Wildman–Crippen LogP) is 10.4. The molecule has 1 amide bonds. The Morgan fingerprint density at radius 3 is 2.05 bits per heavy atom. The van der Waals surface area contributed by atoms with Crippen LogP contribution in [0.25, 0.3) is 38.9 Å². The minimum atomic E-state index is -0.322. The second kappa shape index (κ2) is 27.2. The molecular formula is C52H74N8O2. The number of aromatic nitrogens is 2. The smallest absolute Gasteiger partial charge is 0.244 e. The molecule has 4 N–H and O–H groups in total. The van der Waals surface area contributed by atoms with Crippen LogP contribution in [-0.4, -0.2) is 91.2 Å². The Balaban J connectivity index is 0.000000693. The lowest BCUT2D eigenvalue weighted by Gasteiger charge is -2.32. The highest BCUT2D eigenvalue weighted by atomic mass is 16.5. The molecule has 0 radical (unpaired) electrons. The van der Waals surface area contributed by atoms with E-state index >= 15 is 0 Å². The highest BCUT2D eigenvalue weighted by molar-refractivity contribution is 5.90. The molecule has 0 bridgehead atoms. The number of likely N-dealkylation sites (N-methyl/N-ethyl adjacent to an activating group) is 1. The van der Waals surface area contributed by atoms with Gasteiger partial charge in [0.15, 0.2) is 5.88 Å². The van der Waals surface area contributed by atoms with Gasteiger partial charge in [-0.2, -0.15) is 0 Å². The topological polar surface area (TPSA) is 101 Å². The van der Waals surface area contributed by atoms with E-state index in [4.69, 9.17) is 4.74 Å². The summed E-state index contributed by atoms with van der Waals surface area (Å²) in [6.07, 6.45) is 8.91. The summed E-state index contributed by atoms with van der Waals surface area (Å²) in [5.74, 6) is 1.68. The van der Waals surface area contributed by atoms with Gasteiger partial charge in [-0.1, -0.05) is 133 Å². The van der Waals surface area contributed by atoms with Gasteiger partial charge in [-0.05, 0) is 97.8 Å². The number of fused-ring (bicyclic) bond motifs is 1. The maximum atomic E-state index is 13.8. The van der Waals surface area contributed by atoms with Crippen molar-refractivity contribution in [3.63, 3.8) is 0 Å². The fraction of sp³-hybridized carbons (Fsp3) is 0.385. The van der Waals surface area contributed by atoms with Gasteiger partial charge in [0, 0.05) is 19.3 Å². The highest BCUT2D eigenvalue weighted by Gasteiger charge is 2.30. The van der Waals surface area contributed by atoms with Crippen molar-refractivity contribution in [1.82, 2.24) is 40.6 Å². The lowest BCUT2D eigenvalue weighted by molar-refractivity contribution is -0.136. The Morgan fingerprint density at radius 2 is 1.45 bits per heavy atom. The quantitative estimate of drug-likeness (QED) is 0.0511. The van der Waals surface area contributed by atoms with Gasteiger partial charge in [0.1, 0.15) is 18.0 Å². The average molecular weight is 843 g/mol. The van der Waals surface area contributed by atoms with Gasteiger partial charge >= 0.3 is 0 Å². The summed E-state index contributed by atoms with van der Waals surface area (Å²) >= 11 is 0. The van der Waals surface area contributed by atoms with Crippen molar-refractivity contribution in [2.45, 2.75) is 79.6 Å². The number of amides is 1. The Bertz CT molecular complexity index is 2110. The molecule has 0 saturated carbocycles. The first kappa shape index (κ1) is 50.5. The number of rotatable bonds is 18. The highest BCUT2D eigenvalue weighted by Crippen LogP contribution is 2.29. The summed E-state index contributed by atoms with van der Waals surface area (Å²) in [6.45, 7) is 23.4. The zero-order chi connectivity index (χ0) is 45.4. The van der Waals surface area contributed by atoms with Gasteiger partial charge in [0.25, 0.3) is 0 Å². The van der Waals surface area contributed by atoms with Crippen LogP contribution in [-0.2, 0) is 16.1 Å². The molecule has 334 valence electrons. The van der Waals surface area contributed by atoms with Crippen LogP contribution in [0.15, 0.2) is 129 Å². The first-order valence-electron chi connectivity index (χ1n) is 22.2. The summed E-state index contributed by atoms with van der Waals surface area (Å²) in [4.78, 5) is 28.2. The van der Waals surface area contributed by atoms with Crippen molar-refractivity contribution in [2.75, 3.05) is 54.4 Å². The fourth-order valence-corrected chi connectivity index (χ4v) is 6.97. The zero-order valence-corrected chi connectivity index (χ0v) is 39.2. The second-order valence-electron chi connectivity index (χ2n) is 15.3. The van der Waals surface area contributed by atoms with Crippen molar-refractivity contribution >= 4 is 22.4 Å². The van der Waals surface area contributed by atoms with Crippen LogP contribution in [0.3, 0.4) is 0 Å². The molecule has 1 aliphatic heterocycles. The number of methoxy groups -OCH3 is 1. The molecule has 2 heterocycles. The van der Waals surface area contributed by atoms with Crippen molar-refractivity contribution in [2.24, 2.45) is 0 Å². The number of carbonyl (C=O) groups excluding carboxylic acids is 1. The number of H-pyrrole nitrogens is 1. The number of aromatic amines is 1. The van der Waals surface area contributed by atoms with Crippen LogP contribution < -0.4 is 16.0 Å². The molecule has 0 aliphatic carbocycles. The lowest BCUT2D eigenvalue weighted by atomic mass is 9.98. The molecule has 0 saturated heterocycles. The van der Waals surface area contributed by atoms with Gasteiger partial charge in [0.2, 0.25) is 5.91 Å². The number of carbonyl (C=O) groups is 1. The van der Waals surface area contributed by atoms with Crippen LogP contribution in [0.5, 0.6) is 0 Å². The average Bonchev–Trinajstić information content (AvgIpc) is 3.97. The number of benzene rings is 4. The van der Waals surface area contributed by atoms with E-state index in [9.17, 15) is 4.79 Å². The first-order valence-corrected chi connectivity index (χ1v) is 22.2. The first-order chi connectivity index (χ1) is 30.0. The summed E-state index contributed by atoms with van der Waals surface area (Å²) in [6, 6.07) is 31.6. The molecule has 2 unspecified atom stereocenters. The van der Waals surface area contributed by atoms with E-state index in [0.29, 0.717) is 25.5 Å². The third-order valence-electron chi connectivity index (χ3n) is 9.86. The van der Waals surface area contributed by atoms with Gasteiger partial charge in [-0.3, -0.25) is 14.6 Å². The minimum Gasteiger partial charge on any atom is -0.483 e. The maximum absolute atomic E-state index is 13.8. The molecule has 10 nitrogen and oxygen atoms in total. The van der Waals surface area contributed by atoms with Gasteiger partial charge in [-0.15, -0.1) is 6.58 Å². The third-order valence-corrected chi connectivity index (χ3v) is 9.86. The van der Waals surface area contributed by atoms with Crippen molar-refractivity contribution in [3.05, 3.63) is 145 Å². The SMILES string of the molecule is C=CCNC(=C)OC.CC.CCC.CCCN(C)Cc1ncc(-c2ccc(-c3ccc4cc(C5=CNC(CN(CCC)C(=O)C(c6ccccc6)N(C)C)N5)ccc4c3)cc2)[nH]1. The molecule has 5 aromatic rings. The van der Waals surface area contributed by atoms with Gasteiger partial charge in [-0.25, -0.2) is 4.98 Å². The van der Waals surface area contributed by atoms with Crippen LogP contribution in [0.2, 0.25) is 0 Å². The summed E-state index contributed by atoms with van der Waals surface area (Å²) in [5, 5.41) is 12.3. The van der Waals surface area contributed by atoms with E-state index in [1.165, 1.54) is 28.3 Å². The maximum Gasteiger partial charge on any atom is 0.244 e. The Morgan fingerprint density at radius 1 is 0.855 bits per heavy atom. The van der Waals surface area contributed by atoms with E-state index in [1.54, 1.807) is 13.2 Å². The van der Waals surface area contributed by atoms with Crippen molar-refractivity contribution in [3.8, 4) is 22.4 Å². The van der Waals surface area contributed by atoms with Crippen LogP contribution >= 0.6 is 0 Å². The molecule has 1 aliphatic rings. The van der Waals surface area contributed by atoms with Gasteiger partial charge in [0.05, 0.1) is 37.8 Å². The fourth-order valence-electron chi connectivity index (χ4n) is 6.97. The van der Waals surface area contributed by atoms with Crippen LogP contribution in [0.4, 0.5) is 0 Å². The molecule has 10 heteroatoms. The molecule has 4 aromatic carbocycles. The molecular weight excluding hydrogens is 769 g/mol. The van der Waals surface area contributed by atoms with Crippen LogP contribution in [0, 0.1) is 0 Å². The number of hydrogen-bond donors (Lipinski definition) is 4. The van der Waals surface area contributed by atoms with Crippen molar-refractivity contribution in [1.29, 1.82) is 0 Å². The number of ether oxygens (including phenoxy) is 1. The second-order valence-corrected chi connectivity index (χ2v) is 15.3. The summed E-state index contributed by atoms with van der Waals surface area (Å²) in [7, 11) is 7.63. The van der Waals surface area contributed by atoms with E-state index < -0.39 is 0 Å². The number of imidazole rings is 1. The molecule has 0 spiro atoms. The Kier molecular flexibility index (Phi) is 22.1. The zero-order valence-electron chi connectivity index (χ0n) is 39.2. The number of hydrogen-bond acceptors (Lipinski definition) is 8. The van der Waals surface area contributed by atoms with E-state index in [-0.39, 0.29) is 18.1 Å². The lowest BCUT2D eigenvalue weighted by Crippen LogP contribution is -2.49. The monoisotopic (exact) mass is 843 g/mol. The molecule has 62 heavy (non-hydrogen) atoms. The molecule has 0 fully saturated rings. The summed E-state index contributed by atoms with van der Waals surface area (Å²) in [5.41, 5.74) is 7.69. The molecule has 6 rings (SSSR count). The van der Waals surface area contributed by atoms with E-state index in [2.05, 4.69) is 139 Å². The Hall–Kier alpha value is -5.84. The minimum absolute atomic E-state index is 0.0686. The number of nitrogens with one attached hydrogen (secondary N) is 4. The van der Waals surface area contributed by atoms with Crippen LogP contribution in [0.1, 0.15) is 83.8 Å². The van der Waals surface area contributed by atoms with E-state index in [1.807, 2.05) is 80.5 Å². The normalized spacial score (nSPS) is 13.2. The third kappa shape index (κ3) is 15.3. The summed E-state index contributed by atoms with van der Waals surface area (Å²) < 4.78 is 4.70. The Labute approximate surface area is 373 Å². The predicted molar refractivity (Wildman–Crippen MR) is 263 cm³/mol. The van der Waals surface area contributed by atoms with Gasteiger partial charge < -0.3 is 30.6 Å². The molecule has 1 aromatic heterocycles. The largest absolute Gasteiger partial charge is 0.483 e.